The Hall–Kier alpha value is -2.55. The lowest BCUT2D eigenvalue weighted by molar-refractivity contribution is -0.142. The van der Waals surface area contributed by atoms with Gasteiger partial charge in [-0.2, -0.15) is 31.8 Å². The van der Waals surface area contributed by atoms with E-state index in [0.29, 0.717) is 0 Å². The van der Waals surface area contributed by atoms with Gasteiger partial charge in [-0.1, -0.05) is 36.8 Å². The van der Waals surface area contributed by atoms with Crippen LogP contribution >= 0.6 is 22.9 Å². The van der Waals surface area contributed by atoms with Crippen molar-refractivity contribution in [1.29, 1.82) is 0 Å². The van der Waals surface area contributed by atoms with Crippen LogP contribution in [-0.2, 0) is 23.6 Å². The summed E-state index contributed by atoms with van der Waals surface area (Å²) in [6.07, 6.45) is -14.1. The fourth-order valence-corrected chi connectivity index (χ4v) is 3.91. The summed E-state index contributed by atoms with van der Waals surface area (Å²) in [5.74, 6) is -3.79. The molecule has 0 aliphatic rings. The minimum atomic E-state index is -5.12. The third-order valence-corrected chi connectivity index (χ3v) is 5.36. The molecule has 2 heterocycles. The van der Waals surface area contributed by atoms with Crippen molar-refractivity contribution >= 4 is 34.8 Å². The number of alkyl halides is 8. The molecule has 16 heteroatoms. The minimum absolute atomic E-state index is 0.0972. The molecule has 0 bridgehead atoms. The topological polar surface area (TPSA) is 81.2 Å². The van der Waals surface area contributed by atoms with Gasteiger partial charge in [0, 0.05) is 0 Å². The third kappa shape index (κ3) is 6.11. The van der Waals surface area contributed by atoms with Crippen molar-refractivity contribution < 1.29 is 49.5 Å². The zero-order valence-corrected chi connectivity index (χ0v) is 18.9. The van der Waals surface area contributed by atoms with Gasteiger partial charge in [0.1, 0.15) is 16.3 Å². The van der Waals surface area contributed by atoms with Crippen molar-refractivity contribution in [2.75, 3.05) is 0 Å². The van der Waals surface area contributed by atoms with Gasteiger partial charge in [0.05, 0.1) is 5.56 Å². The molecule has 2 aromatic rings. The zero-order valence-electron chi connectivity index (χ0n) is 17.3. The number of carbonyl (C=O) groups is 2. The molecule has 0 fully saturated rings. The molecule has 0 unspecified atom stereocenters. The van der Waals surface area contributed by atoms with Crippen LogP contribution in [0.5, 0.6) is 0 Å². The van der Waals surface area contributed by atoms with E-state index in [-0.39, 0.29) is 17.8 Å². The number of hydroxylamine groups is 1. The Balaban J connectivity index is 2.50. The third-order valence-electron chi connectivity index (χ3n) is 4.20. The SMILES string of the molecule is Cc1c(C(F)(F)F)nc(C(F)F)c(C(=O)ONC(=O)c2sc(Cl)nc2C(F)(F)F)c1CC(C)C. The highest BCUT2D eigenvalue weighted by Gasteiger charge is 2.41. The Labute approximate surface area is 195 Å². The molecule has 2 rings (SSSR count). The van der Waals surface area contributed by atoms with Crippen LogP contribution < -0.4 is 5.48 Å². The van der Waals surface area contributed by atoms with Gasteiger partial charge in [-0.05, 0) is 30.4 Å². The predicted molar refractivity (Wildman–Crippen MR) is 102 cm³/mol. The van der Waals surface area contributed by atoms with Gasteiger partial charge in [0.15, 0.2) is 10.2 Å². The van der Waals surface area contributed by atoms with Crippen LogP contribution in [0.2, 0.25) is 4.47 Å². The number of pyridine rings is 1. The molecule has 0 spiro atoms. The van der Waals surface area contributed by atoms with Crippen LogP contribution in [0.1, 0.15) is 68.5 Å². The number of hydrogen-bond acceptors (Lipinski definition) is 6. The highest BCUT2D eigenvalue weighted by atomic mass is 35.5. The fourth-order valence-electron chi connectivity index (χ4n) is 2.90. The van der Waals surface area contributed by atoms with Crippen LogP contribution in [0.15, 0.2) is 0 Å². The first-order valence-corrected chi connectivity index (χ1v) is 10.3. The molecule has 0 radical (unpaired) electrons. The number of nitrogens with zero attached hydrogens (tertiary/aromatic N) is 2. The second kappa shape index (κ2) is 9.98. The molecule has 0 aromatic carbocycles. The number of hydrogen-bond donors (Lipinski definition) is 1. The maximum atomic E-state index is 13.6. The van der Waals surface area contributed by atoms with E-state index in [2.05, 4.69) is 14.8 Å². The van der Waals surface area contributed by atoms with Gasteiger partial charge in [-0.25, -0.2) is 23.5 Å². The van der Waals surface area contributed by atoms with E-state index in [1.807, 2.05) is 0 Å². The average Bonchev–Trinajstić information content (AvgIpc) is 3.08. The number of rotatable bonds is 5. The number of carbonyl (C=O) groups excluding carboxylic acids is 2. The summed E-state index contributed by atoms with van der Waals surface area (Å²) in [4.78, 5) is 33.8. The molecule has 1 amide bonds. The monoisotopic (exact) mass is 539 g/mol. The second-order valence-corrected chi connectivity index (χ2v) is 8.76. The molecule has 188 valence electrons. The molecular weight excluding hydrogens is 526 g/mol. The fraction of sp³-hybridized carbons (Fsp3) is 0.444. The largest absolute Gasteiger partial charge is 0.435 e. The molecule has 0 saturated heterocycles. The number of thiazole rings is 1. The zero-order chi connectivity index (χ0) is 26.2. The Bertz CT molecular complexity index is 1100. The highest BCUT2D eigenvalue weighted by Crippen LogP contribution is 2.38. The summed E-state index contributed by atoms with van der Waals surface area (Å²) in [5.41, 5.74) is -5.61. The summed E-state index contributed by atoms with van der Waals surface area (Å²) in [6.45, 7) is 4.00. The first-order valence-electron chi connectivity index (χ1n) is 9.08. The number of halogens is 9. The Morgan fingerprint density at radius 2 is 1.62 bits per heavy atom. The molecular formula is C18H14ClF8N3O3S. The van der Waals surface area contributed by atoms with Gasteiger partial charge in [0.25, 0.3) is 12.3 Å². The lowest BCUT2D eigenvalue weighted by Crippen LogP contribution is -2.30. The van der Waals surface area contributed by atoms with Crippen molar-refractivity contribution in [2.24, 2.45) is 5.92 Å². The van der Waals surface area contributed by atoms with E-state index in [4.69, 9.17) is 11.6 Å². The van der Waals surface area contributed by atoms with Crippen LogP contribution in [0.25, 0.3) is 0 Å². The molecule has 34 heavy (non-hydrogen) atoms. The average molecular weight is 540 g/mol. The maximum absolute atomic E-state index is 13.6. The van der Waals surface area contributed by atoms with Crippen LogP contribution in [0.3, 0.4) is 0 Å². The van der Waals surface area contributed by atoms with Crippen molar-refractivity contribution in [3.05, 3.63) is 43.1 Å². The van der Waals surface area contributed by atoms with Crippen LogP contribution in [0.4, 0.5) is 35.1 Å². The van der Waals surface area contributed by atoms with E-state index < -0.39 is 79.7 Å². The van der Waals surface area contributed by atoms with Crippen molar-refractivity contribution in [3.8, 4) is 0 Å². The Kier molecular flexibility index (Phi) is 8.13. The van der Waals surface area contributed by atoms with Gasteiger partial charge in [0.2, 0.25) is 0 Å². The van der Waals surface area contributed by atoms with Crippen LogP contribution in [-0.4, -0.2) is 21.8 Å². The van der Waals surface area contributed by atoms with Gasteiger partial charge in [-0.3, -0.25) is 4.79 Å². The smallest absolute Gasteiger partial charge is 0.335 e. The standard InChI is InChI=1S/C18H14ClF8N3O3S/c1-5(2)4-7-6(3)11(17(22,23)24)28-9(13(20)21)8(7)15(32)33-30-14(31)10-12(18(25,26)27)29-16(19)34-10/h5,13H,4H2,1-3H3,(H,30,31). The second-order valence-electron chi connectivity index (χ2n) is 7.18. The first-order chi connectivity index (χ1) is 15.4. The molecule has 0 aliphatic carbocycles. The van der Waals surface area contributed by atoms with Crippen molar-refractivity contribution in [2.45, 2.75) is 46.0 Å². The van der Waals surface area contributed by atoms with E-state index in [9.17, 15) is 44.7 Å². The maximum Gasteiger partial charge on any atom is 0.435 e. The normalized spacial score (nSPS) is 12.4. The number of amides is 1. The van der Waals surface area contributed by atoms with E-state index >= 15 is 0 Å². The van der Waals surface area contributed by atoms with Gasteiger partial charge in [-0.15, -0.1) is 0 Å². The van der Waals surface area contributed by atoms with Crippen molar-refractivity contribution in [1.82, 2.24) is 15.4 Å². The van der Waals surface area contributed by atoms with Crippen LogP contribution in [0, 0.1) is 12.8 Å². The molecule has 6 nitrogen and oxygen atoms in total. The predicted octanol–water partition coefficient (Wildman–Crippen LogP) is 6.18. The van der Waals surface area contributed by atoms with Crippen molar-refractivity contribution in [3.63, 3.8) is 0 Å². The molecule has 0 aliphatic heterocycles. The Morgan fingerprint density at radius 3 is 2.09 bits per heavy atom. The summed E-state index contributed by atoms with van der Waals surface area (Å²) in [7, 11) is 0. The highest BCUT2D eigenvalue weighted by molar-refractivity contribution is 7.17. The Morgan fingerprint density at radius 1 is 1.06 bits per heavy atom. The summed E-state index contributed by atoms with van der Waals surface area (Å²) in [6, 6.07) is 0. The molecule has 0 atom stereocenters. The molecule has 1 N–H and O–H groups in total. The first kappa shape index (κ1) is 27.7. The summed E-state index contributed by atoms with van der Waals surface area (Å²) in [5, 5.41) is 0. The van der Waals surface area contributed by atoms with E-state index in [1.54, 1.807) is 0 Å². The summed E-state index contributed by atoms with van der Waals surface area (Å²) >= 11 is 5.50. The molecule has 0 saturated carbocycles. The van der Waals surface area contributed by atoms with Gasteiger partial charge >= 0.3 is 18.3 Å². The summed E-state index contributed by atoms with van der Waals surface area (Å²) < 4.78 is 105. The van der Waals surface area contributed by atoms with E-state index in [0.717, 1.165) is 6.92 Å². The molecule has 2 aromatic heterocycles. The van der Waals surface area contributed by atoms with E-state index in [1.165, 1.54) is 19.3 Å². The lowest BCUT2D eigenvalue weighted by atomic mass is 9.91. The van der Waals surface area contributed by atoms with Gasteiger partial charge < -0.3 is 4.84 Å². The minimum Gasteiger partial charge on any atom is -0.335 e. The number of nitrogens with one attached hydrogen (secondary N) is 1. The quantitative estimate of drug-likeness (QED) is 0.363. The number of aromatic nitrogens is 2. The lowest BCUT2D eigenvalue weighted by Gasteiger charge is -2.20.